The maximum Gasteiger partial charge on any atom is 0.243 e. The number of hydrogen-bond acceptors (Lipinski definition) is 3. The Bertz CT molecular complexity index is 413. The number of carbonyl (C=O) groups is 2. The highest BCUT2D eigenvalue weighted by Crippen LogP contribution is 2.14. The van der Waals surface area contributed by atoms with Gasteiger partial charge in [-0.1, -0.05) is 13.8 Å². The summed E-state index contributed by atoms with van der Waals surface area (Å²) in [6.07, 6.45) is 0. The second-order valence-corrected chi connectivity index (χ2v) is 4.15. The van der Waals surface area contributed by atoms with Gasteiger partial charge in [0.2, 0.25) is 11.8 Å². The summed E-state index contributed by atoms with van der Waals surface area (Å²) in [5, 5.41) is 5.23. The summed E-state index contributed by atoms with van der Waals surface area (Å²) < 4.78 is 5.01. The Kier molecular flexibility index (Phi) is 5.17. The Balaban J connectivity index is 2.42. The third kappa shape index (κ3) is 4.45. The average molecular weight is 250 g/mol. The maximum atomic E-state index is 11.5. The minimum Gasteiger partial charge on any atom is -0.497 e. The van der Waals surface area contributed by atoms with E-state index in [9.17, 15) is 9.59 Å². The third-order valence-corrected chi connectivity index (χ3v) is 2.32. The molecule has 0 spiro atoms. The minimum absolute atomic E-state index is 0.0248. The molecule has 0 heterocycles. The fourth-order valence-corrected chi connectivity index (χ4v) is 1.25. The molecular weight excluding hydrogens is 232 g/mol. The van der Waals surface area contributed by atoms with Crippen LogP contribution < -0.4 is 15.4 Å². The van der Waals surface area contributed by atoms with Crippen LogP contribution in [0.5, 0.6) is 5.75 Å². The molecule has 0 aliphatic carbocycles. The summed E-state index contributed by atoms with van der Waals surface area (Å²) in [5.74, 6) is 0.203. The van der Waals surface area contributed by atoms with Crippen LogP contribution in [0.2, 0.25) is 0 Å². The number of rotatable bonds is 5. The summed E-state index contributed by atoms with van der Waals surface area (Å²) in [4.78, 5) is 22.8. The van der Waals surface area contributed by atoms with Crippen LogP contribution in [0.25, 0.3) is 0 Å². The molecule has 1 aromatic carbocycles. The minimum atomic E-state index is -0.255. The molecule has 2 amide bonds. The molecule has 0 saturated carbocycles. The first-order valence-corrected chi connectivity index (χ1v) is 5.74. The number of carbonyl (C=O) groups excluding carboxylic acids is 2. The first-order chi connectivity index (χ1) is 8.52. The zero-order valence-electron chi connectivity index (χ0n) is 10.8. The topological polar surface area (TPSA) is 67.4 Å². The van der Waals surface area contributed by atoms with Crippen molar-refractivity contribution in [2.75, 3.05) is 19.0 Å². The highest BCUT2D eigenvalue weighted by atomic mass is 16.5. The van der Waals surface area contributed by atoms with Gasteiger partial charge in [-0.05, 0) is 24.3 Å². The SMILES string of the molecule is COc1ccc(NC(=O)CNC(=O)C(C)C)cc1. The fourth-order valence-electron chi connectivity index (χ4n) is 1.25. The number of nitrogens with one attached hydrogen (secondary N) is 2. The van der Waals surface area contributed by atoms with E-state index < -0.39 is 0 Å². The highest BCUT2D eigenvalue weighted by molar-refractivity contribution is 5.94. The van der Waals surface area contributed by atoms with Gasteiger partial charge in [-0.3, -0.25) is 9.59 Å². The molecule has 0 aliphatic heterocycles. The Morgan fingerprint density at radius 3 is 2.33 bits per heavy atom. The van der Waals surface area contributed by atoms with Gasteiger partial charge in [-0.15, -0.1) is 0 Å². The van der Waals surface area contributed by atoms with Crippen LogP contribution in [0, 0.1) is 5.92 Å². The Morgan fingerprint density at radius 1 is 1.22 bits per heavy atom. The maximum absolute atomic E-state index is 11.5. The monoisotopic (exact) mass is 250 g/mol. The van der Waals surface area contributed by atoms with Crippen LogP contribution in [-0.4, -0.2) is 25.5 Å². The van der Waals surface area contributed by atoms with Crippen molar-refractivity contribution in [2.45, 2.75) is 13.8 Å². The smallest absolute Gasteiger partial charge is 0.243 e. The first-order valence-electron chi connectivity index (χ1n) is 5.74. The van der Waals surface area contributed by atoms with Crippen molar-refractivity contribution in [1.29, 1.82) is 0 Å². The molecule has 0 bridgehead atoms. The molecule has 5 nitrogen and oxygen atoms in total. The van der Waals surface area contributed by atoms with Crippen molar-refractivity contribution in [1.82, 2.24) is 5.32 Å². The Hall–Kier alpha value is -2.04. The number of hydrogen-bond donors (Lipinski definition) is 2. The standard InChI is InChI=1S/C13H18N2O3/c1-9(2)13(17)14-8-12(16)15-10-4-6-11(18-3)7-5-10/h4-7,9H,8H2,1-3H3,(H,14,17)(H,15,16). The van der Waals surface area contributed by atoms with Gasteiger partial charge >= 0.3 is 0 Å². The van der Waals surface area contributed by atoms with Gasteiger partial charge in [0.25, 0.3) is 0 Å². The van der Waals surface area contributed by atoms with Gasteiger partial charge in [0.05, 0.1) is 13.7 Å². The zero-order chi connectivity index (χ0) is 13.5. The predicted octanol–water partition coefficient (Wildman–Crippen LogP) is 1.41. The van der Waals surface area contributed by atoms with Gasteiger partial charge in [0, 0.05) is 11.6 Å². The number of methoxy groups -OCH3 is 1. The van der Waals surface area contributed by atoms with Crippen molar-refractivity contribution in [3.63, 3.8) is 0 Å². The summed E-state index contributed by atoms with van der Waals surface area (Å²) in [7, 11) is 1.58. The molecule has 0 aromatic heterocycles. The number of benzene rings is 1. The molecule has 98 valence electrons. The largest absolute Gasteiger partial charge is 0.497 e. The molecule has 0 saturated heterocycles. The lowest BCUT2D eigenvalue weighted by molar-refractivity contribution is -0.126. The molecule has 0 atom stereocenters. The predicted molar refractivity (Wildman–Crippen MR) is 69.5 cm³/mol. The summed E-state index contributed by atoms with van der Waals surface area (Å²) >= 11 is 0. The zero-order valence-corrected chi connectivity index (χ0v) is 10.8. The van der Waals surface area contributed by atoms with Crippen LogP contribution in [-0.2, 0) is 9.59 Å². The molecule has 0 radical (unpaired) electrons. The number of amides is 2. The van der Waals surface area contributed by atoms with E-state index >= 15 is 0 Å². The molecule has 0 unspecified atom stereocenters. The van der Waals surface area contributed by atoms with E-state index in [2.05, 4.69) is 10.6 Å². The molecule has 0 aliphatic rings. The molecular formula is C13H18N2O3. The van der Waals surface area contributed by atoms with Crippen molar-refractivity contribution in [3.8, 4) is 5.75 Å². The lowest BCUT2D eigenvalue weighted by Crippen LogP contribution is -2.35. The van der Waals surface area contributed by atoms with Crippen LogP contribution >= 0.6 is 0 Å². The second-order valence-electron chi connectivity index (χ2n) is 4.15. The van der Waals surface area contributed by atoms with Gasteiger partial charge in [-0.25, -0.2) is 0 Å². The van der Waals surface area contributed by atoms with E-state index in [0.29, 0.717) is 5.69 Å². The van der Waals surface area contributed by atoms with Gasteiger partial charge in [-0.2, -0.15) is 0 Å². The van der Waals surface area contributed by atoms with Crippen molar-refractivity contribution < 1.29 is 14.3 Å². The van der Waals surface area contributed by atoms with Crippen LogP contribution in [0.1, 0.15) is 13.8 Å². The van der Waals surface area contributed by atoms with E-state index in [4.69, 9.17) is 4.74 Å². The number of anilines is 1. The molecule has 1 aromatic rings. The summed E-state index contributed by atoms with van der Waals surface area (Å²) in [5.41, 5.74) is 0.666. The first kappa shape index (κ1) is 14.0. The molecule has 0 fully saturated rings. The average Bonchev–Trinajstić information content (AvgIpc) is 2.36. The summed E-state index contributed by atoms with van der Waals surface area (Å²) in [6.45, 7) is 3.52. The van der Waals surface area contributed by atoms with E-state index in [1.54, 1.807) is 45.2 Å². The van der Waals surface area contributed by atoms with Crippen molar-refractivity contribution >= 4 is 17.5 Å². The lowest BCUT2D eigenvalue weighted by Gasteiger charge is -2.08. The van der Waals surface area contributed by atoms with Crippen LogP contribution in [0.15, 0.2) is 24.3 Å². The quantitative estimate of drug-likeness (QED) is 0.830. The molecule has 18 heavy (non-hydrogen) atoms. The molecule has 5 heteroatoms. The van der Waals surface area contributed by atoms with Gasteiger partial charge in [0.1, 0.15) is 5.75 Å². The summed E-state index contributed by atoms with van der Waals surface area (Å²) in [6, 6.07) is 6.98. The third-order valence-electron chi connectivity index (χ3n) is 2.32. The van der Waals surface area contributed by atoms with Crippen molar-refractivity contribution in [3.05, 3.63) is 24.3 Å². The van der Waals surface area contributed by atoms with E-state index in [1.807, 2.05) is 0 Å². The van der Waals surface area contributed by atoms with Gasteiger partial charge in [0.15, 0.2) is 0 Å². The normalized spacial score (nSPS) is 10.0. The lowest BCUT2D eigenvalue weighted by atomic mass is 10.2. The number of ether oxygens (including phenoxy) is 1. The van der Waals surface area contributed by atoms with Crippen LogP contribution in [0.3, 0.4) is 0 Å². The van der Waals surface area contributed by atoms with Crippen molar-refractivity contribution in [2.24, 2.45) is 5.92 Å². The molecule has 1 rings (SSSR count). The highest BCUT2D eigenvalue weighted by Gasteiger charge is 2.08. The van der Waals surface area contributed by atoms with Crippen LogP contribution in [0.4, 0.5) is 5.69 Å². The Morgan fingerprint density at radius 2 is 1.83 bits per heavy atom. The fraction of sp³-hybridized carbons (Fsp3) is 0.385. The van der Waals surface area contributed by atoms with E-state index in [-0.39, 0.29) is 24.3 Å². The van der Waals surface area contributed by atoms with Gasteiger partial charge < -0.3 is 15.4 Å². The van der Waals surface area contributed by atoms with E-state index in [0.717, 1.165) is 5.75 Å². The van der Waals surface area contributed by atoms with E-state index in [1.165, 1.54) is 0 Å². The Labute approximate surface area is 107 Å². The second kappa shape index (κ2) is 6.64. The molecule has 2 N–H and O–H groups in total.